The number of carboxylic acids is 1. The lowest BCUT2D eigenvalue weighted by Crippen LogP contribution is -2.40. The van der Waals surface area contributed by atoms with E-state index in [-0.39, 0.29) is 11.9 Å². The Bertz CT molecular complexity index is 728. The van der Waals surface area contributed by atoms with Gasteiger partial charge in [0.1, 0.15) is 0 Å². The molecule has 124 valence electrons. The summed E-state index contributed by atoms with van der Waals surface area (Å²) in [5, 5.41) is 19.5. The highest BCUT2D eigenvalue weighted by Gasteiger charge is 2.26. The number of anilines is 1. The van der Waals surface area contributed by atoms with Crippen LogP contribution in [-0.2, 0) is 0 Å². The first kappa shape index (κ1) is 15.9. The van der Waals surface area contributed by atoms with Gasteiger partial charge in [0.15, 0.2) is 0 Å². The molecule has 3 rings (SSSR count). The summed E-state index contributed by atoms with van der Waals surface area (Å²) in [6, 6.07) is 8.60. The Balaban J connectivity index is 1.62. The lowest BCUT2D eigenvalue weighted by atomic mass is 9.86. The fourth-order valence-corrected chi connectivity index (χ4v) is 3.01. The van der Waals surface area contributed by atoms with Gasteiger partial charge in [-0.15, -0.1) is 0 Å². The summed E-state index contributed by atoms with van der Waals surface area (Å²) in [6.07, 6.45) is 4.50. The van der Waals surface area contributed by atoms with E-state index in [1.54, 1.807) is 23.1 Å². The molecule has 2 amide bonds. The molecule has 2 heterocycles. The Morgan fingerprint density at radius 3 is 2.54 bits per heavy atom. The monoisotopic (exact) mass is 326 g/mol. The molecule has 0 saturated carbocycles. The van der Waals surface area contributed by atoms with Crippen molar-refractivity contribution in [1.29, 1.82) is 0 Å². The van der Waals surface area contributed by atoms with Crippen molar-refractivity contribution >= 4 is 17.7 Å². The molecule has 2 N–H and O–H groups in total. The van der Waals surface area contributed by atoms with Gasteiger partial charge in [-0.1, -0.05) is 18.2 Å². The molecular weight excluding hydrogens is 308 g/mol. The second kappa shape index (κ2) is 7.08. The van der Waals surface area contributed by atoms with Crippen molar-refractivity contribution in [2.45, 2.75) is 18.8 Å². The number of hydrogen-bond donors (Lipinski definition) is 2. The average Bonchev–Trinajstić information content (AvgIpc) is 2.62. The molecule has 1 aromatic carbocycles. The van der Waals surface area contributed by atoms with Crippen molar-refractivity contribution in [2.24, 2.45) is 0 Å². The Kier molecular flexibility index (Phi) is 4.69. The third-order valence-corrected chi connectivity index (χ3v) is 4.25. The van der Waals surface area contributed by atoms with Crippen molar-refractivity contribution in [3.63, 3.8) is 0 Å². The summed E-state index contributed by atoms with van der Waals surface area (Å²) in [5.74, 6) is -0.750. The van der Waals surface area contributed by atoms with Gasteiger partial charge in [-0.3, -0.25) is 0 Å². The van der Waals surface area contributed by atoms with Crippen molar-refractivity contribution in [2.75, 3.05) is 18.4 Å². The number of urea groups is 1. The van der Waals surface area contributed by atoms with Crippen molar-refractivity contribution < 1.29 is 14.7 Å². The smallest absolute Gasteiger partial charge is 0.335 e. The van der Waals surface area contributed by atoms with E-state index in [9.17, 15) is 14.7 Å². The molecule has 7 nitrogen and oxygen atoms in total. The van der Waals surface area contributed by atoms with Gasteiger partial charge in [0.2, 0.25) is 0 Å². The second-order valence-corrected chi connectivity index (χ2v) is 5.71. The summed E-state index contributed by atoms with van der Waals surface area (Å²) in [4.78, 5) is 25.3. The van der Waals surface area contributed by atoms with Gasteiger partial charge in [0.25, 0.3) is 0 Å². The Morgan fingerprint density at radius 1 is 1.12 bits per heavy atom. The predicted molar refractivity (Wildman–Crippen MR) is 88.0 cm³/mol. The number of likely N-dealkylation sites (tertiary alicyclic amines) is 1. The fourth-order valence-electron chi connectivity index (χ4n) is 3.01. The molecule has 24 heavy (non-hydrogen) atoms. The molecule has 0 bridgehead atoms. The number of carbonyl (C=O) groups is 2. The minimum Gasteiger partial charge on any atom is -0.478 e. The lowest BCUT2D eigenvalue weighted by molar-refractivity contribution is 0.0694. The molecule has 0 unspecified atom stereocenters. The molecule has 1 aromatic heterocycles. The third-order valence-electron chi connectivity index (χ3n) is 4.25. The maximum Gasteiger partial charge on any atom is 0.335 e. The summed E-state index contributed by atoms with van der Waals surface area (Å²) < 4.78 is 0. The lowest BCUT2D eigenvalue weighted by Gasteiger charge is -2.32. The highest BCUT2D eigenvalue weighted by Crippen LogP contribution is 2.30. The van der Waals surface area contributed by atoms with Gasteiger partial charge in [-0.25, -0.2) is 9.59 Å². The van der Waals surface area contributed by atoms with Crippen molar-refractivity contribution in [3.8, 4) is 0 Å². The van der Waals surface area contributed by atoms with E-state index in [1.165, 1.54) is 12.4 Å². The standard InChI is InChI=1S/C17H18N4O3/c22-16(23)15-4-2-1-3-14(15)12-6-9-21(10-7-12)17(24)20-13-5-8-18-19-11-13/h1-5,8,11-12H,6-7,9-10H2,(H,22,23)(H,18,20,24). The molecular formula is C17H18N4O3. The number of piperidine rings is 1. The number of rotatable bonds is 3. The zero-order chi connectivity index (χ0) is 16.9. The zero-order valence-corrected chi connectivity index (χ0v) is 13.1. The van der Waals surface area contributed by atoms with Gasteiger partial charge < -0.3 is 15.3 Å². The van der Waals surface area contributed by atoms with Crippen LogP contribution in [0.4, 0.5) is 10.5 Å². The van der Waals surface area contributed by atoms with E-state index < -0.39 is 5.97 Å². The zero-order valence-electron chi connectivity index (χ0n) is 13.1. The van der Waals surface area contributed by atoms with E-state index >= 15 is 0 Å². The van der Waals surface area contributed by atoms with Crippen LogP contribution in [0.15, 0.2) is 42.7 Å². The molecule has 1 saturated heterocycles. The molecule has 7 heteroatoms. The van der Waals surface area contributed by atoms with Gasteiger partial charge >= 0.3 is 12.0 Å². The van der Waals surface area contributed by atoms with Crippen molar-refractivity contribution in [1.82, 2.24) is 15.1 Å². The first-order chi connectivity index (χ1) is 11.6. The van der Waals surface area contributed by atoms with E-state index in [1.807, 2.05) is 12.1 Å². The molecule has 0 aliphatic carbocycles. The SMILES string of the molecule is O=C(O)c1ccccc1C1CCN(C(=O)Nc2ccnnc2)CC1. The highest BCUT2D eigenvalue weighted by atomic mass is 16.4. The van der Waals surface area contributed by atoms with Crippen LogP contribution >= 0.6 is 0 Å². The van der Waals surface area contributed by atoms with Crippen LogP contribution in [0.5, 0.6) is 0 Å². The fraction of sp³-hybridized carbons (Fsp3) is 0.294. The summed E-state index contributed by atoms with van der Waals surface area (Å²) in [5.41, 5.74) is 1.81. The van der Waals surface area contributed by atoms with Gasteiger partial charge in [0, 0.05) is 13.1 Å². The molecule has 0 spiro atoms. The minimum absolute atomic E-state index is 0.156. The van der Waals surface area contributed by atoms with Crippen LogP contribution in [-0.4, -0.2) is 45.3 Å². The minimum atomic E-state index is -0.907. The predicted octanol–water partition coefficient (Wildman–Crippen LogP) is 2.59. The molecule has 1 fully saturated rings. The van der Waals surface area contributed by atoms with Crippen LogP contribution in [0.2, 0.25) is 0 Å². The average molecular weight is 326 g/mol. The Morgan fingerprint density at radius 2 is 1.88 bits per heavy atom. The Labute approximate surface area is 139 Å². The number of carboxylic acid groups (broad SMARTS) is 1. The number of hydrogen-bond acceptors (Lipinski definition) is 4. The Hall–Kier alpha value is -2.96. The first-order valence-electron chi connectivity index (χ1n) is 7.80. The van der Waals surface area contributed by atoms with E-state index in [2.05, 4.69) is 15.5 Å². The van der Waals surface area contributed by atoms with Crippen molar-refractivity contribution in [3.05, 3.63) is 53.9 Å². The number of amides is 2. The molecule has 2 aromatic rings. The number of benzene rings is 1. The topological polar surface area (TPSA) is 95.4 Å². The summed E-state index contributed by atoms with van der Waals surface area (Å²) in [7, 11) is 0. The van der Waals surface area contributed by atoms with E-state index in [4.69, 9.17) is 0 Å². The number of nitrogens with zero attached hydrogens (tertiary/aromatic N) is 3. The largest absolute Gasteiger partial charge is 0.478 e. The molecule has 0 radical (unpaired) electrons. The van der Waals surface area contributed by atoms with E-state index in [0.29, 0.717) is 24.3 Å². The first-order valence-corrected chi connectivity index (χ1v) is 7.80. The third kappa shape index (κ3) is 3.51. The van der Waals surface area contributed by atoms with Crippen LogP contribution in [0, 0.1) is 0 Å². The van der Waals surface area contributed by atoms with Crippen LogP contribution in [0.25, 0.3) is 0 Å². The number of nitrogens with one attached hydrogen (secondary N) is 1. The van der Waals surface area contributed by atoms with E-state index in [0.717, 1.165) is 18.4 Å². The van der Waals surface area contributed by atoms with Crippen LogP contribution < -0.4 is 5.32 Å². The normalized spacial score (nSPS) is 15.1. The molecule has 1 aliphatic heterocycles. The van der Waals surface area contributed by atoms with Gasteiger partial charge in [-0.05, 0) is 36.5 Å². The number of aromatic carboxylic acids is 1. The summed E-state index contributed by atoms with van der Waals surface area (Å²) in [6.45, 7) is 1.17. The molecule has 0 atom stereocenters. The van der Waals surface area contributed by atoms with Gasteiger partial charge in [0.05, 0.1) is 23.6 Å². The number of carbonyl (C=O) groups excluding carboxylic acids is 1. The second-order valence-electron chi connectivity index (χ2n) is 5.71. The maximum absolute atomic E-state index is 12.3. The van der Waals surface area contributed by atoms with Crippen LogP contribution in [0.3, 0.4) is 0 Å². The van der Waals surface area contributed by atoms with Crippen LogP contribution in [0.1, 0.15) is 34.7 Å². The van der Waals surface area contributed by atoms with Gasteiger partial charge in [-0.2, -0.15) is 10.2 Å². The number of aromatic nitrogens is 2. The highest BCUT2D eigenvalue weighted by molar-refractivity contribution is 5.90. The summed E-state index contributed by atoms with van der Waals surface area (Å²) >= 11 is 0. The quantitative estimate of drug-likeness (QED) is 0.904. The molecule has 1 aliphatic rings. The maximum atomic E-state index is 12.3.